The van der Waals surface area contributed by atoms with Crippen molar-refractivity contribution in [2.75, 3.05) is 14.1 Å². The molecule has 2 heterocycles. The Bertz CT molecular complexity index is 1340. The van der Waals surface area contributed by atoms with Crippen LogP contribution in [0, 0.1) is 0 Å². The number of nitrogens with zero attached hydrogens (tertiary/aromatic N) is 2. The Balaban J connectivity index is 1.91. The fourth-order valence-electron chi connectivity index (χ4n) is 4.52. The van der Waals surface area contributed by atoms with Gasteiger partial charge >= 0.3 is 0 Å². The van der Waals surface area contributed by atoms with E-state index in [1.807, 2.05) is 65.2 Å². The molecule has 0 N–H and O–H groups in total. The lowest BCUT2D eigenvalue weighted by atomic mass is 9.93. The van der Waals surface area contributed by atoms with Crippen molar-refractivity contribution in [3.63, 3.8) is 0 Å². The molecule has 148 valence electrons. The first-order valence-electron chi connectivity index (χ1n) is 10.1. The van der Waals surface area contributed by atoms with Crippen LogP contribution >= 0.6 is 0 Å². The number of carbonyl (C=O) groups is 1. The minimum absolute atomic E-state index is 0.00368. The Labute approximate surface area is 175 Å². The zero-order valence-electron chi connectivity index (χ0n) is 17.0. The fourth-order valence-corrected chi connectivity index (χ4v) is 4.52. The largest absolute Gasteiger partial charge is 0.349 e. The summed E-state index contributed by atoms with van der Waals surface area (Å²) in [6.07, 6.45) is 0.253. The van der Waals surface area contributed by atoms with Gasteiger partial charge in [0.2, 0.25) is 5.91 Å². The molecule has 0 saturated carbocycles. The van der Waals surface area contributed by atoms with E-state index < -0.39 is 0 Å². The van der Waals surface area contributed by atoms with Crippen LogP contribution in [0.1, 0.15) is 18.0 Å². The second-order valence-corrected chi connectivity index (χ2v) is 7.91. The Morgan fingerprint density at radius 3 is 2.23 bits per heavy atom. The molecule has 4 heteroatoms. The van der Waals surface area contributed by atoms with Gasteiger partial charge in [-0.25, -0.2) is 0 Å². The number of fused-ring (bicyclic) bond motifs is 4. The SMILES string of the molecule is CN(C)C(=O)CC1c2ccccc2-c2c(-c3ccccc3)c3ccccc3c(=O)n21. The molecule has 1 aliphatic heterocycles. The molecule has 0 bridgehead atoms. The first kappa shape index (κ1) is 18.4. The summed E-state index contributed by atoms with van der Waals surface area (Å²) >= 11 is 0. The summed E-state index contributed by atoms with van der Waals surface area (Å²) in [5, 5.41) is 1.62. The first-order valence-corrected chi connectivity index (χ1v) is 10.1. The fraction of sp³-hybridized carbons (Fsp3) is 0.154. The number of carbonyl (C=O) groups excluding carboxylic acids is 1. The van der Waals surface area contributed by atoms with Gasteiger partial charge in [0.25, 0.3) is 5.56 Å². The summed E-state index contributed by atoms with van der Waals surface area (Å²) in [4.78, 5) is 27.9. The molecule has 4 nitrogen and oxygen atoms in total. The predicted octanol–water partition coefficient (Wildman–Crippen LogP) is 4.72. The first-order chi connectivity index (χ1) is 14.6. The van der Waals surface area contributed by atoms with Gasteiger partial charge in [0.15, 0.2) is 0 Å². The number of benzene rings is 3. The van der Waals surface area contributed by atoms with Crippen molar-refractivity contribution in [1.29, 1.82) is 0 Å². The van der Waals surface area contributed by atoms with Crippen molar-refractivity contribution in [3.05, 3.63) is 94.8 Å². The average Bonchev–Trinajstić information content (AvgIpc) is 3.09. The van der Waals surface area contributed by atoms with Crippen LogP contribution < -0.4 is 5.56 Å². The highest BCUT2D eigenvalue weighted by molar-refractivity contribution is 6.04. The second-order valence-electron chi connectivity index (χ2n) is 7.91. The lowest BCUT2D eigenvalue weighted by Gasteiger charge is -2.20. The van der Waals surface area contributed by atoms with Crippen molar-refractivity contribution < 1.29 is 4.79 Å². The molecule has 3 aromatic carbocycles. The predicted molar refractivity (Wildman–Crippen MR) is 121 cm³/mol. The number of amides is 1. The van der Waals surface area contributed by atoms with E-state index in [0.29, 0.717) is 5.39 Å². The van der Waals surface area contributed by atoms with Crippen molar-refractivity contribution >= 4 is 16.7 Å². The van der Waals surface area contributed by atoms with Gasteiger partial charge in [0, 0.05) is 30.6 Å². The van der Waals surface area contributed by atoms with Gasteiger partial charge in [-0.1, -0.05) is 72.8 Å². The van der Waals surface area contributed by atoms with Gasteiger partial charge in [-0.15, -0.1) is 0 Å². The molecular formula is C26H22N2O2. The third-order valence-electron chi connectivity index (χ3n) is 5.94. The highest BCUT2D eigenvalue weighted by Crippen LogP contribution is 2.46. The van der Waals surface area contributed by atoms with Gasteiger partial charge in [0.1, 0.15) is 0 Å². The standard InChI is InChI=1S/C26H22N2O2/c1-27(2)23(29)16-22-18-12-6-8-14-20(18)25-24(17-10-4-3-5-11-17)19-13-7-9-15-21(19)26(30)28(22)25/h3-15,22H,16H2,1-2H3. The lowest BCUT2D eigenvalue weighted by Crippen LogP contribution is -2.29. The molecule has 0 aliphatic carbocycles. The third kappa shape index (κ3) is 2.68. The molecule has 1 atom stereocenters. The molecule has 0 saturated heterocycles. The van der Waals surface area contributed by atoms with E-state index in [-0.39, 0.29) is 23.9 Å². The van der Waals surface area contributed by atoms with Crippen LogP contribution in [0.25, 0.3) is 33.2 Å². The highest BCUT2D eigenvalue weighted by Gasteiger charge is 2.34. The number of hydrogen-bond donors (Lipinski definition) is 0. The Kier molecular flexibility index (Phi) is 4.28. The molecule has 0 fully saturated rings. The monoisotopic (exact) mass is 394 g/mol. The summed E-state index contributed by atoms with van der Waals surface area (Å²) < 4.78 is 1.84. The van der Waals surface area contributed by atoms with E-state index in [0.717, 1.165) is 33.3 Å². The maximum absolute atomic E-state index is 13.7. The maximum atomic E-state index is 13.7. The highest BCUT2D eigenvalue weighted by atomic mass is 16.2. The zero-order valence-corrected chi connectivity index (χ0v) is 17.0. The van der Waals surface area contributed by atoms with E-state index in [9.17, 15) is 9.59 Å². The van der Waals surface area contributed by atoms with Gasteiger partial charge in [-0.3, -0.25) is 14.2 Å². The molecular weight excluding hydrogens is 372 g/mol. The van der Waals surface area contributed by atoms with Crippen molar-refractivity contribution in [2.45, 2.75) is 12.5 Å². The quantitative estimate of drug-likeness (QED) is 0.505. The van der Waals surface area contributed by atoms with Gasteiger partial charge in [0.05, 0.1) is 18.2 Å². The second kappa shape index (κ2) is 6.99. The minimum atomic E-state index is -0.314. The van der Waals surface area contributed by atoms with E-state index >= 15 is 0 Å². The van der Waals surface area contributed by atoms with Crippen LogP contribution in [-0.4, -0.2) is 29.5 Å². The zero-order chi connectivity index (χ0) is 20.8. The van der Waals surface area contributed by atoms with Crippen LogP contribution in [0.5, 0.6) is 0 Å². The molecule has 1 aliphatic rings. The maximum Gasteiger partial charge on any atom is 0.259 e. The third-order valence-corrected chi connectivity index (χ3v) is 5.94. The van der Waals surface area contributed by atoms with Crippen molar-refractivity contribution in [3.8, 4) is 22.4 Å². The van der Waals surface area contributed by atoms with Crippen LogP contribution in [0.15, 0.2) is 83.7 Å². The Hall–Kier alpha value is -3.66. The van der Waals surface area contributed by atoms with Crippen LogP contribution in [0.3, 0.4) is 0 Å². The molecule has 30 heavy (non-hydrogen) atoms. The topological polar surface area (TPSA) is 42.3 Å². The molecule has 1 unspecified atom stereocenters. The van der Waals surface area contributed by atoms with E-state index in [1.54, 1.807) is 19.0 Å². The summed E-state index contributed by atoms with van der Waals surface area (Å²) in [6, 6.07) is 25.7. The van der Waals surface area contributed by atoms with Crippen molar-refractivity contribution in [1.82, 2.24) is 9.47 Å². The molecule has 4 aromatic rings. The number of pyridine rings is 1. The van der Waals surface area contributed by atoms with Crippen LogP contribution in [-0.2, 0) is 4.79 Å². The number of hydrogen-bond acceptors (Lipinski definition) is 2. The summed E-state index contributed by atoms with van der Waals surface area (Å²) in [5.41, 5.74) is 5.00. The molecule has 1 amide bonds. The van der Waals surface area contributed by atoms with Gasteiger partial charge < -0.3 is 4.90 Å². The summed E-state index contributed by atoms with van der Waals surface area (Å²) in [6.45, 7) is 0. The molecule has 5 rings (SSSR count). The van der Waals surface area contributed by atoms with Crippen molar-refractivity contribution in [2.24, 2.45) is 0 Å². The van der Waals surface area contributed by atoms with Crippen LogP contribution in [0.4, 0.5) is 0 Å². The van der Waals surface area contributed by atoms with Gasteiger partial charge in [-0.05, 0) is 22.6 Å². The minimum Gasteiger partial charge on any atom is -0.349 e. The Morgan fingerprint density at radius 2 is 1.50 bits per heavy atom. The smallest absolute Gasteiger partial charge is 0.259 e. The number of rotatable bonds is 3. The van der Waals surface area contributed by atoms with E-state index in [2.05, 4.69) is 18.2 Å². The molecule has 0 spiro atoms. The average molecular weight is 394 g/mol. The summed E-state index contributed by atoms with van der Waals surface area (Å²) in [5.74, 6) is 0.00368. The van der Waals surface area contributed by atoms with Gasteiger partial charge in [-0.2, -0.15) is 0 Å². The molecule has 0 radical (unpaired) electrons. The Morgan fingerprint density at radius 1 is 0.867 bits per heavy atom. The van der Waals surface area contributed by atoms with E-state index in [1.165, 1.54) is 0 Å². The number of aromatic nitrogens is 1. The summed E-state index contributed by atoms with van der Waals surface area (Å²) in [7, 11) is 3.51. The lowest BCUT2D eigenvalue weighted by molar-refractivity contribution is -0.129. The van der Waals surface area contributed by atoms with Crippen LogP contribution in [0.2, 0.25) is 0 Å². The normalized spacial score (nSPS) is 14.4. The molecule has 1 aromatic heterocycles. The van der Waals surface area contributed by atoms with E-state index in [4.69, 9.17) is 0 Å².